The van der Waals surface area contributed by atoms with Crippen LogP contribution in [-0.2, 0) is 21.0 Å². The number of hydrogen-bond acceptors (Lipinski definition) is 4. The largest absolute Gasteiger partial charge is 0.384 e. The van der Waals surface area contributed by atoms with Crippen molar-refractivity contribution < 1.29 is 13.2 Å². The van der Waals surface area contributed by atoms with E-state index < -0.39 is 20.5 Å². The molecule has 1 aromatic carbocycles. The zero-order valence-electron chi connectivity index (χ0n) is 13.0. The standard InChI is InChI=1S/C16H25NO3S/c1-4-12-6-8-13(9-7-12)14-15(21(18,19)5-2)16(14,10-17)11-20-3/h6-9,14-15H,4-5,10-11,17H2,1-3H3/t14-,15-,16-/m0/s1. The van der Waals surface area contributed by atoms with Crippen molar-refractivity contribution in [1.82, 2.24) is 0 Å². The van der Waals surface area contributed by atoms with E-state index in [1.165, 1.54) is 5.56 Å². The fraction of sp³-hybridized carbons (Fsp3) is 0.625. The Morgan fingerprint density at radius 3 is 2.29 bits per heavy atom. The van der Waals surface area contributed by atoms with Crippen LogP contribution in [0.1, 0.15) is 30.9 Å². The summed E-state index contributed by atoms with van der Waals surface area (Å²) < 4.78 is 30.1. The van der Waals surface area contributed by atoms with Crippen molar-refractivity contribution in [3.63, 3.8) is 0 Å². The van der Waals surface area contributed by atoms with Gasteiger partial charge in [-0.3, -0.25) is 0 Å². The van der Waals surface area contributed by atoms with Gasteiger partial charge in [0.1, 0.15) is 0 Å². The first-order valence-electron chi connectivity index (χ1n) is 7.46. The molecule has 0 aliphatic heterocycles. The van der Waals surface area contributed by atoms with Crippen LogP contribution in [0.2, 0.25) is 0 Å². The highest BCUT2D eigenvalue weighted by Crippen LogP contribution is 2.62. The quantitative estimate of drug-likeness (QED) is 0.833. The Bertz CT molecular complexity index is 582. The second kappa shape index (κ2) is 6.07. The minimum Gasteiger partial charge on any atom is -0.384 e. The zero-order valence-corrected chi connectivity index (χ0v) is 13.8. The first-order valence-corrected chi connectivity index (χ1v) is 9.17. The number of sulfone groups is 1. The first kappa shape index (κ1) is 16.5. The number of rotatable bonds is 7. The lowest BCUT2D eigenvalue weighted by atomic mass is 9.99. The van der Waals surface area contributed by atoms with Crippen LogP contribution < -0.4 is 5.73 Å². The second-order valence-corrected chi connectivity index (χ2v) is 8.23. The Morgan fingerprint density at radius 2 is 1.86 bits per heavy atom. The Morgan fingerprint density at radius 1 is 1.24 bits per heavy atom. The van der Waals surface area contributed by atoms with Gasteiger partial charge in [-0.25, -0.2) is 8.42 Å². The van der Waals surface area contributed by atoms with Crippen LogP contribution in [0.15, 0.2) is 24.3 Å². The summed E-state index contributed by atoms with van der Waals surface area (Å²) in [5.41, 5.74) is 7.76. The van der Waals surface area contributed by atoms with E-state index in [0.717, 1.165) is 12.0 Å². The molecule has 0 unspecified atom stereocenters. The Kier molecular flexibility index (Phi) is 4.76. The van der Waals surface area contributed by atoms with Crippen molar-refractivity contribution in [2.75, 3.05) is 26.0 Å². The molecule has 1 fully saturated rings. The molecule has 1 aromatic rings. The van der Waals surface area contributed by atoms with Crippen molar-refractivity contribution in [2.45, 2.75) is 31.4 Å². The molecule has 4 nitrogen and oxygen atoms in total. The molecular weight excluding hydrogens is 286 g/mol. The summed E-state index contributed by atoms with van der Waals surface area (Å²) in [6.07, 6.45) is 0.974. The highest BCUT2D eigenvalue weighted by Gasteiger charge is 2.69. The summed E-state index contributed by atoms with van der Waals surface area (Å²) in [6.45, 7) is 4.50. The lowest BCUT2D eigenvalue weighted by molar-refractivity contribution is 0.142. The van der Waals surface area contributed by atoms with Gasteiger partial charge < -0.3 is 10.5 Å². The molecule has 0 bridgehead atoms. The number of methoxy groups -OCH3 is 1. The third-order valence-corrected chi connectivity index (χ3v) is 7.03. The van der Waals surface area contributed by atoms with E-state index in [1.54, 1.807) is 14.0 Å². The maximum absolute atomic E-state index is 12.4. The normalized spacial score (nSPS) is 28.6. The maximum Gasteiger partial charge on any atom is 0.154 e. The van der Waals surface area contributed by atoms with Gasteiger partial charge in [0.25, 0.3) is 0 Å². The van der Waals surface area contributed by atoms with Crippen molar-refractivity contribution in [3.05, 3.63) is 35.4 Å². The number of aryl methyl sites for hydroxylation is 1. The van der Waals surface area contributed by atoms with E-state index in [0.29, 0.717) is 13.2 Å². The minimum absolute atomic E-state index is 0.0571. The second-order valence-electron chi connectivity index (χ2n) is 5.82. The molecule has 1 saturated carbocycles. The van der Waals surface area contributed by atoms with Gasteiger partial charge >= 0.3 is 0 Å². The summed E-state index contributed by atoms with van der Waals surface area (Å²) in [7, 11) is -1.54. The van der Waals surface area contributed by atoms with E-state index >= 15 is 0 Å². The lowest BCUT2D eigenvalue weighted by Crippen LogP contribution is -2.28. The predicted molar refractivity (Wildman–Crippen MR) is 85.2 cm³/mol. The first-order chi connectivity index (χ1) is 9.96. The van der Waals surface area contributed by atoms with Gasteiger partial charge in [-0.1, -0.05) is 38.1 Å². The highest BCUT2D eigenvalue weighted by molar-refractivity contribution is 7.92. The van der Waals surface area contributed by atoms with E-state index in [2.05, 4.69) is 19.1 Å². The zero-order chi connectivity index (χ0) is 15.7. The van der Waals surface area contributed by atoms with E-state index in [1.807, 2.05) is 12.1 Å². The molecule has 0 aromatic heterocycles. The summed E-state index contributed by atoms with van der Waals surface area (Å²) in [5, 5.41) is -0.424. The van der Waals surface area contributed by atoms with Crippen LogP contribution >= 0.6 is 0 Å². The van der Waals surface area contributed by atoms with Crippen LogP contribution in [0.4, 0.5) is 0 Å². The molecule has 3 atom stereocenters. The number of hydrogen-bond donors (Lipinski definition) is 1. The molecule has 5 heteroatoms. The van der Waals surface area contributed by atoms with Gasteiger partial charge in [0, 0.05) is 30.7 Å². The van der Waals surface area contributed by atoms with Gasteiger partial charge in [-0.15, -0.1) is 0 Å². The van der Waals surface area contributed by atoms with Gasteiger partial charge in [0.2, 0.25) is 0 Å². The molecule has 0 amide bonds. The minimum atomic E-state index is -3.14. The van der Waals surface area contributed by atoms with E-state index in [9.17, 15) is 8.42 Å². The van der Waals surface area contributed by atoms with Crippen LogP contribution in [0, 0.1) is 5.41 Å². The summed E-state index contributed by atoms with van der Waals surface area (Å²) in [4.78, 5) is 0. The predicted octanol–water partition coefficient (Wildman–Crippen LogP) is 1.74. The van der Waals surface area contributed by atoms with E-state index in [-0.39, 0.29) is 11.7 Å². The van der Waals surface area contributed by atoms with Crippen LogP contribution in [0.5, 0.6) is 0 Å². The smallest absolute Gasteiger partial charge is 0.154 e. The molecule has 0 saturated heterocycles. The summed E-state index contributed by atoms with van der Waals surface area (Å²) >= 11 is 0. The van der Waals surface area contributed by atoms with Crippen molar-refractivity contribution in [1.29, 1.82) is 0 Å². The summed E-state index contributed by atoms with van der Waals surface area (Å²) in [6, 6.07) is 8.21. The van der Waals surface area contributed by atoms with Gasteiger partial charge in [0.15, 0.2) is 9.84 Å². The molecule has 2 rings (SSSR count). The highest BCUT2D eigenvalue weighted by atomic mass is 32.2. The molecular formula is C16H25NO3S. The molecule has 21 heavy (non-hydrogen) atoms. The molecule has 1 aliphatic carbocycles. The maximum atomic E-state index is 12.4. The van der Waals surface area contributed by atoms with Gasteiger partial charge in [0.05, 0.1) is 11.9 Å². The molecule has 2 N–H and O–H groups in total. The molecule has 118 valence electrons. The Labute approximate surface area is 127 Å². The number of benzene rings is 1. The average molecular weight is 311 g/mol. The third-order valence-electron chi connectivity index (χ3n) is 4.71. The van der Waals surface area contributed by atoms with Gasteiger partial charge in [-0.05, 0) is 17.5 Å². The molecule has 0 spiro atoms. The summed E-state index contributed by atoms with van der Waals surface area (Å²) in [5.74, 6) is 0.0884. The Balaban J connectivity index is 2.39. The average Bonchev–Trinajstić information content (AvgIpc) is 3.18. The molecule has 1 aliphatic rings. The van der Waals surface area contributed by atoms with Crippen molar-refractivity contribution >= 4 is 9.84 Å². The van der Waals surface area contributed by atoms with Gasteiger partial charge in [-0.2, -0.15) is 0 Å². The fourth-order valence-corrected chi connectivity index (χ4v) is 5.56. The van der Waals surface area contributed by atoms with Crippen LogP contribution in [0.3, 0.4) is 0 Å². The SMILES string of the molecule is CCc1ccc([C@H]2[C@H](S(=O)(=O)CC)[C@@]2(CN)COC)cc1. The van der Waals surface area contributed by atoms with Crippen LogP contribution in [-0.4, -0.2) is 39.7 Å². The number of nitrogens with two attached hydrogens (primary N) is 1. The molecule has 0 radical (unpaired) electrons. The number of ether oxygens (including phenoxy) is 1. The topological polar surface area (TPSA) is 69.4 Å². The Hall–Kier alpha value is -0.910. The van der Waals surface area contributed by atoms with E-state index in [4.69, 9.17) is 10.5 Å². The van der Waals surface area contributed by atoms with Crippen molar-refractivity contribution in [3.8, 4) is 0 Å². The monoisotopic (exact) mass is 311 g/mol. The van der Waals surface area contributed by atoms with Crippen molar-refractivity contribution in [2.24, 2.45) is 11.1 Å². The fourth-order valence-electron chi connectivity index (χ4n) is 3.41. The van der Waals surface area contributed by atoms with Crippen LogP contribution in [0.25, 0.3) is 0 Å². The third kappa shape index (κ3) is 2.74. The lowest BCUT2D eigenvalue weighted by Gasteiger charge is -2.14. The molecule has 0 heterocycles.